The number of carbonyl (C=O) groups excluding carboxylic acids is 1. The fourth-order valence-corrected chi connectivity index (χ4v) is 4.06. The standard InChI is InChI=1S/C25H21F6NO4S/c26-24(27,28)13-3-6-20(23(34)35)32-22(33)19-12-9-16-4-1-2-5-18(16)21(19)36-14-15-7-10-17(11-8-15)37-25(29,30)31/h1-2,4-5,7-12,20H,3,6,13-14H2,(H,32,33)(H,34,35)/t20-/m0/s1. The number of thioether (sulfide) groups is 1. The van der Waals surface area contributed by atoms with Crippen LogP contribution in [0.4, 0.5) is 26.3 Å². The number of carboxylic acid groups (broad SMARTS) is 1. The third-order valence-electron chi connectivity index (χ3n) is 5.22. The van der Waals surface area contributed by atoms with Crippen LogP contribution in [0.2, 0.25) is 0 Å². The molecule has 5 nitrogen and oxygen atoms in total. The van der Waals surface area contributed by atoms with Crippen LogP contribution in [0, 0.1) is 0 Å². The molecule has 0 fully saturated rings. The summed E-state index contributed by atoms with van der Waals surface area (Å²) in [6.45, 7) is -0.112. The van der Waals surface area contributed by atoms with Crippen molar-refractivity contribution < 1.29 is 45.8 Å². The first-order valence-electron chi connectivity index (χ1n) is 10.9. The van der Waals surface area contributed by atoms with E-state index in [-0.39, 0.29) is 34.6 Å². The first kappa shape index (κ1) is 28.2. The van der Waals surface area contributed by atoms with Gasteiger partial charge in [-0.3, -0.25) is 4.79 Å². The normalized spacial score (nSPS) is 12.8. The van der Waals surface area contributed by atoms with Gasteiger partial charge in [-0.05, 0) is 53.8 Å². The van der Waals surface area contributed by atoms with Crippen LogP contribution in [0.25, 0.3) is 10.8 Å². The monoisotopic (exact) mass is 545 g/mol. The van der Waals surface area contributed by atoms with E-state index in [2.05, 4.69) is 5.32 Å². The van der Waals surface area contributed by atoms with E-state index in [9.17, 15) is 41.0 Å². The molecule has 0 aliphatic carbocycles. The highest BCUT2D eigenvalue weighted by Crippen LogP contribution is 2.37. The zero-order valence-electron chi connectivity index (χ0n) is 19.0. The predicted molar refractivity (Wildman–Crippen MR) is 125 cm³/mol. The highest BCUT2D eigenvalue weighted by atomic mass is 32.2. The minimum Gasteiger partial charge on any atom is -0.487 e. The van der Waals surface area contributed by atoms with Crippen LogP contribution in [0.1, 0.15) is 35.2 Å². The number of hydrogen-bond acceptors (Lipinski definition) is 4. The molecule has 37 heavy (non-hydrogen) atoms. The van der Waals surface area contributed by atoms with Crippen molar-refractivity contribution in [2.24, 2.45) is 0 Å². The lowest BCUT2D eigenvalue weighted by Gasteiger charge is -2.18. The van der Waals surface area contributed by atoms with Gasteiger partial charge in [-0.25, -0.2) is 4.79 Å². The van der Waals surface area contributed by atoms with Gasteiger partial charge in [0.2, 0.25) is 0 Å². The summed E-state index contributed by atoms with van der Waals surface area (Å²) in [6.07, 6.45) is -6.54. The Bertz CT molecular complexity index is 1240. The van der Waals surface area contributed by atoms with Gasteiger partial charge in [0, 0.05) is 16.7 Å². The Hall–Kier alpha value is -3.41. The van der Waals surface area contributed by atoms with Crippen LogP contribution < -0.4 is 10.1 Å². The van der Waals surface area contributed by atoms with Crippen LogP contribution in [0.3, 0.4) is 0 Å². The number of nitrogens with one attached hydrogen (secondary N) is 1. The Morgan fingerprint density at radius 1 is 0.946 bits per heavy atom. The topological polar surface area (TPSA) is 75.6 Å². The third-order valence-corrected chi connectivity index (χ3v) is 5.96. The van der Waals surface area contributed by atoms with E-state index in [1.807, 2.05) is 0 Å². The lowest BCUT2D eigenvalue weighted by Crippen LogP contribution is -2.41. The Morgan fingerprint density at radius 2 is 1.62 bits per heavy atom. The fraction of sp³-hybridized carbons (Fsp3) is 0.280. The number of ether oxygens (including phenoxy) is 1. The molecule has 0 aliphatic heterocycles. The maximum atomic E-state index is 13.0. The number of benzene rings is 3. The fourth-order valence-electron chi connectivity index (χ4n) is 3.52. The summed E-state index contributed by atoms with van der Waals surface area (Å²) in [6, 6.07) is 13.8. The molecule has 1 amide bonds. The molecule has 0 bridgehead atoms. The summed E-state index contributed by atoms with van der Waals surface area (Å²) in [5.41, 5.74) is -3.95. The molecule has 0 aromatic heterocycles. The average molecular weight is 546 g/mol. The van der Waals surface area contributed by atoms with Gasteiger partial charge in [-0.15, -0.1) is 0 Å². The van der Waals surface area contributed by atoms with E-state index in [1.54, 1.807) is 30.3 Å². The first-order chi connectivity index (χ1) is 17.3. The number of carboxylic acids is 1. The number of fused-ring (bicyclic) bond motifs is 1. The molecule has 1 atom stereocenters. The molecule has 0 unspecified atom stereocenters. The molecule has 12 heteroatoms. The van der Waals surface area contributed by atoms with Crippen LogP contribution in [-0.2, 0) is 11.4 Å². The van der Waals surface area contributed by atoms with Crippen LogP contribution in [0.15, 0.2) is 65.6 Å². The van der Waals surface area contributed by atoms with E-state index in [0.29, 0.717) is 16.3 Å². The maximum Gasteiger partial charge on any atom is 0.446 e. The smallest absolute Gasteiger partial charge is 0.446 e. The van der Waals surface area contributed by atoms with Crippen LogP contribution in [0.5, 0.6) is 5.75 Å². The molecule has 0 heterocycles. The number of alkyl halides is 6. The van der Waals surface area contributed by atoms with Crippen molar-refractivity contribution in [1.29, 1.82) is 0 Å². The Kier molecular flexibility index (Phi) is 8.95. The minimum absolute atomic E-state index is 0.00767. The molecule has 3 aromatic rings. The number of amides is 1. The molecule has 0 radical (unpaired) electrons. The largest absolute Gasteiger partial charge is 0.487 e. The quantitative estimate of drug-likeness (QED) is 0.213. The van der Waals surface area contributed by atoms with Crippen molar-refractivity contribution in [3.63, 3.8) is 0 Å². The van der Waals surface area contributed by atoms with E-state index in [4.69, 9.17) is 4.74 Å². The lowest BCUT2D eigenvalue weighted by molar-refractivity contribution is -0.142. The molecule has 2 N–H and O–H groups in total. The van der Waals surface area contributed by atoms with Crippen LogP contribution >= 0.6 is 11.8 Å². The Labute approximate surface area is 211 Å². The summed E-state index contributed by atoms with van der Waals surface area (Å²) in [5, 5.41) is 12.9. The van der Waals surface area contributed by atoms with Gasteiger partial charge < -0.3 is 15.2 Å². The molecule has 0 saturated carbocycles. The minimum atomic E-state index is -4.45. The van der Waals surface area contributed by atoms with Crippen LogP contribution in [-0.4, -0.2) is 34.7 Å². The van der Waals surface area contributed by atoms with Crippen molar-refractivity contribution in [1.82, 2.24) is 5.32 Å². The zero-order chi connectivity index (χ0) is 27.2. The second-order valence-corrected chi connectivity index (χ2v) is 9.15. The average Bonchev–Trinajstić information content (AvgIpc) is 2.80. The van der Waals surface area contributed by atoms with Gasteiger partial charge in [0.05, 0.1) is 5.56 Å². The summed E-state index contributed by atoms with van der Waals surface area (Å²) in [5.74, 6) is -2.23. The van der Waals surface area contributed by atoms with E-state index >= 15 is 0 Å². The van der Waals surface area contributed by atoms with Gasteiger partial charge in [0.1, 0.15) is 18.4 Å². The van der Waals surface area contributed by atoms with E-state index < -0.39 is 48.9 Å². The summed E-state index contributed by atoms with van der Waals surface area (Å²) >= 11 is -0.257. The van der Waals surface area contributed by atoms with Gasteiger partial charge >= 0.3 is 17.7 Å². The van der Waals surface area contributed by atoms with Crippen molar-refractivity contribution in [2.75, 3.05) is 0 Å². The summed E-state index contributed by atoms with van der Waals surface area (Å²) in [7, 11) is 0. The summed E-state index contributed by atoms with van der Waals surface area (Å²) in [4.78, 5) is 24.5. The van der Waals surface area contributed by atoms with Gasteiger partial charge in [0.25, 0.3) is 5.91 Å². The number of aliphatic carboxylic acids is 1. The lowest BCUT2D eigenvalue weighted by atomic mass is 10.0. The molecule has 3 aromatic carbocycles. The molecule has 0 aliphatic rings. The van der Waals surface area contributed by atoms with Gasteiger partial charge in [-0.2, -0.15) is 26.3 Å². The Morgan fingerprint density at radius 3 is 2.24 bits per heavy atom. The van der Waals surface area contributed by atoms with Gasteiger partial charge in [-0.1, -0.05) is 42.5 Å². The maximum absolute atomic E-state index is 13.0. The highest BCUT2D eigenvalue weighted by Gasteiger charge is 2.30. The number of rotatable bonds is 10. The number of hydrogen-bond donors (Lipinski definition) is 2. The molecule has 0 saturated heterocycles. The molecule has 198 valence electrons. The summed E-state index contributed by atoms with van der Waals surface area (Å²) < 4.78 is 80.9. The van der Waals surface area contributed by atoms with Crippen molar-refractivity contribution >= 4 is 34.4 Å². The first-order valence-corrected chi connectivity index (χ1v) is 11.7. The van der Waals surface area contributed by atoms with Crippen molar-refractivity contribution in [3.8, 4) is 5.75 Å². The van der Waals surface area contributed by atoms with E-state index in [0.717, 1.165) is 0 Å². The molecular formula is C25H21F6NO4S. The third kappa shape index (κ3) is 8.59. The Balaban J connectivity index is 1.81. The predicted octanol–water partition coefficient (Wildman–Crippen LogP) is 6.95. The second kappa shape index (κ2) is 11.8. The second-order valence-electron chi connectivity index (χ2n) is 8.02. The van der Waals surface area contributed by atoms with Crippen molar-refractivity contribution in [2.45, 2.75) is 48.5 Å². The van der Waals surface area contributed by atoms with Crippen molar-refractivity contribution in [3.05, 3.63) is 71.8 Å². The highest BCUT2D eigenvalue weighted by molar-refractivity contribution is 8.00. The molecule has 0 spiro atoms. The zero-order valence-corrected chi connectivity index (χ0v) is 19.8. The van der Waals surface area contributed by atoms with E-state index in [1.165, 1.54) is 30.3 Å². The molecular weight excluding hydrogens is 524 g/mol. The SMILES string of the molecule is O=C(N[C@@H](CCCC(F)(F)F)C(=O)O)c1ccc2ccccc2c1OCc1ccc(SC(F)(F)F)cc1. The number of carbonyl (C=O) groups is 2. The number of halogens is 6. The molecule has 3 rings (SSSR count). The van der Waals surface area contributed by atoms with Gasteiger partial charge in [0.15, 0.2) is 0 Å².